The average Bonchev–Trinajstić information content (AvgIpc) is 3.20. The van der Waals surface area contributed by atoms with Gasteiger partial charge >= 0.3 is 5.97 Å². The van der Waals surface area contributed by atoms with Gasteiger partial charge in [-0.15, -0.1) is 0 Å². The van der Waals surface area contributed by atoms with Crippen LogP contribution in [0.3, 0.4) is 0 Å². The highest BCUT2D eigenvalue weighted by molar-refractivity contribution is 5.96. The molecule has 1 atom stereocenters. The standard InChI is InChI=1S/C19H16FN3O5/c20-14-8-6-13(7-9-14)18-22-16(23-28-18)11-27-19(26)15(10-24)21-17(25)12-4-2-1-3-5-12/h1-9,15,24H,10-11H2,(H,21,25). The largest absolute Gasteiger partial charge is 0.456 e. The van der Waals surface area contributed by atoms with Crippen LogP contribution in [0.2, 0.25) is 0 Å². The van der Waals surface area contributed by atoms with Gasteiger partial charge in [0.1, 0.15) is 5.82 Å². The zero-order chi connectivity index (χ0) is 19.9. The van der Waals surface area contributed by atoms with Crippen molar-refractivity contribution in [2.24, 2.45) is 0 Å². The summed E-state index contributed by atoms with van der Waals surface area (Å²) in [6, 6.07) is 12.5. The van der Waals surface area contributed by atoms with Crippen molar-refractivity contribution in [2.45, 2.75) is 12.6 Å². The van der Waals surface area contributed by atoms with E-state index in [1.54, 1.807) is 30.3 Å². The summed E-state index contributed by atoms with van der Waals surface area (Å²) in [4.78, 5) is 28.2. The lowest BCUT2D eigenvalue weighted by Crippen LogP contribution is -2.44. The first-order valence-corrected chi connectivity index (χ1v) is 8.28. The van der Waals surface area contributed by atoms with E-state index < -0.39 is 30.3 Å². The smallest absolute Gasteiger partial charge is 0.331 e. The Morgan fingerprint density at radius 3 is 2.54 bits per heavy atom. The molecule has 8 nitrogen and oxygen atoms in total. The maximum absolute atomic E-state index is 13.0. The van der Waals surface area contributed by atoms with Gasteiger partial charge in [0.25, 0.3) is 11.8 Å². The van der Waals surface area contributed by atoms with Crippen LogP contribution < -0.4 is 5.32 Å². The first-order valence-electron chi connectivity index (χ1n) is 8.28. The summed E-state index contributed by atoms with van der Waals surface area (Å²) in [7, 11) is 0. The number of rotatable bonds is 7. The lowest BCUT2D eigenvalue weighted by Gasteiger charge is -2.14. The number of nitrogens with zero attached hydrogens (tertiary/aromatic N) is 2. The number of ether oxygens (including phenoxy) is 1. The van der Waals surface area contributed by atoms with Crippen molar-refractivity contribution in [3.8, 4) is 11.5 Å². The topological polar surface area (TPSA) is 115 Å². The zero-order valence-electron chi connectivity index (χ0n) is 14.5. The van der Waals surface area contributed by atoms with Gasteiger partial charge in [-0.05, 0) is 36.4 Å². The van der Waals surface area contributed by atoms with E-state index >= 15 is 0 Å². The first-order chi connectivity index (χ1) is 13.6. The second kappa shape index (κ2) is 8.87. The minimum atomic E-state index is -1.24. The molecule has 0 aliphatic rings. The summed E-state index contributed by atoms with van der Waals surface area (Å²) in [6.45, 7) is -0.953. The van der Waals surface area contributed by atoms with Crippen molar-refractivity contribution in [3.63, 3.8) is 0 Å². The number of halogens is 1. The first kappa shape index (κ1) is 19.2. The Morgan fingerprint density at radius 2 is 1.86 bits per heavy atom. The molecule has 3 rings (SSSR count). The van der Waals surface area contributed by atoms with E-state index in [-0.39, 0.29) is 18.3 Å². The lowest BCUT2D eigenvalue weighted by atomic mass is 10.2. The van der Waals surface area contributed by atoms with Crippen LogP contribution in [-0.4, -0.2) is 39.8 Å². The molecule has 0 radical (unpaired) electrons. The molecule has 0 spiro atoms. The lowest BCUT2D eigenvalue weighted by molar-refractivity contribution is -0.148. The van der Waals surface area contributed by atoms with E-state index in [0.717, 1.165) is 0 Å². The molecule has 0 bridgehead atoms. The Balaban J connectivity index is 1.56. The molecular weight excluding hydrogens is 369 g/mol. The molecule has 0 aliphatic carbocycles. The summed E-state index contributed by atoms with van der Waals surface area (Å²) < 4.78 is 23.0. The molecule has 1 amide bonds. The molecular formula is C19H16FN3O5. The van der Waals surface area contributed by atoms with Crippen LogP contribution in [-0.2, 0) is 16.1 Å². The van der Waals surface area contributed by atoms with Crippen molar-refractivity contribution in [2.75, 3.05) is 6.61 Å². The van der Waals surface area contributed by atoms with Crippen LogP contribution in [0.4, 0.5) is 4.39 Å². The molecule has 0 saturated heterocycles. The second-order valence-corrected chi connectivity index (χ2v) is 5.71. The summed E-state index contributed by atoms with van der Waals surface area (Å²) >= 11 is 0. The predicted octanol–water partition coefficient (Wildman–Crippen LogP) is 1.71. The van der Waals surface area contributed by atoms with E-state index in [4.69, 9.17) is 9.26 Å². The monoisotopic (exact) mass is 385 g/mol. The van der Waals surface area contributed by atoms with Gasteiger partial charge in [0, 0.05) is 11.1 Å². The molecule has 0 aliphatic heterocycles. The minimum absolute atomic E-state index is 0.0822. The van der Waals surface area contributed by atoms with Crippen LogP contribution in [0, 0.1) is 5.82 Å². The van der Waals surface area contributed by atoms with Crippen LogP contribution in [0.5, 0.6) is 0 Å². The Hall–Kier alpha value is -3.59. The maximum Gasteiger partial charge on any atom is 0.331 e. The van der Waals surface area contributed by atoms with Crippen LogP contribution in [0.1, 0.15) is 16.2 Å². The Labute approximate surface area is 159 Å². The van der Waals surface area contributed by atoms with Crippen LogP contribution in [0.25, 0.3) is 11.5 Å². The van der Waals surface area contributed by atoms with Crippen LogP contribution in [0.15, 0.2) is 59.1 Å². The summed E-state index contributed by atoms with van der Waals surface area (Å²) in [6.07, 6.45) is 0. The van der Waals surface area contributed by atoms with E-state index in [1.165, 1.54) is 24.3 Å². The minimum Gasteiger partial charge on any atom is -0.456 e. The van der Waals surface area contributed by atoms with E-state index in [2.05, 4.69) is 15.5 Å². The Bertz CT molecular complexity index is 944. The number of hydrogen-bond acceptors (Lipinski definition) is 7. The summed E-state index contributed by atoms with van der Waals surface area (Å²) in [5, 5.41) is 15.4. The van der Waals surface area contributed by atoms with E-state index in [0.29, 0.717) is 11.1 Å². The maximum atomic E-state index is 13.0. The number of aliphatic hydroxyl groups excluding tert-OH is 1. The summed E-state index contributed by atoms with van der Waals surface area (Å²) in [5.74, 6) is -1.54. The SMILES string of the molecule is O=C(NC(CO)C(=O)OCc1noc(-c2ccc(F)cc2)n1)c1ccccc1. The highest BCUT2D eigenvalue weighted by Gasteiger charge is 2.23. The number of hydrogen-bond donors (Lipinski definition) is 2. The van der Waals surface area contributed by atoms with Crippen LogP contribution >= 0.6 is 0 Å². The van der Waals surface area contributed by atoms with Gasteiger partial charge in [0.05, 0.1) is 6.61 Å². The number of benzene rings is 2. The van der Waals surface area contributed by atoms with Gasteiger partial charge in [0.2, 0.25) is 5.82 Å². The third-order valence-corrected chi connectivity index (χ3v) is 3.71. The zero-order valence-corrected chi connectivity index (χ0v) is 14.5. The van der Waals surface area contributed by atoms with Gasteiger partial charge < -0.3 is 19.7 Å². The molecule has 0 saturated carbocycles. The molecule has 144 valence electrons. The number of carbonyl (C=O) groups excluding carboxylic acids is 2. The fourth-order valence-corrected chi connectivity index (χ4v) is 2.27. The number of aliphatic hydroxyl groups is 1. The Morgan fingerprint density at radius 1 is 1.14 bits per heavy atom. The third-order valence-electron chi connectivity index (χ3n) is 3.71. The average molecular weight is 385 g/mol. The normalized spacial score (nSPS) is 11.6. The second-order valence-electron chi connectivity index (χ2n) is 5.71. The summed E-state index contributed by atoms with van der Waals surface area (Å²) in [5.41, 5.74) is 0.852. The molecule has 3 aromatic rings. The molecule has 9 heteroatoms. The molecule has 2 N–H and O–H groups in total. The van der Waals surface area contributed by atoms with Crippen molar-refractivity contribution in [1.29, 1.82) is 0 Å². The fourth-order valence-electron chi connectivity index (χ4n) is 2.27. The number of carbonyl (C=O) groups is 2. The number of amides is 1. The molecule has 0 fully saturated rings. The van der Waals surface area contributed by atoms with Gasteiger partial charge in [-0.25, -0.2) is 9.18 Å². The van der Waals surface area contributed by atoms with Crippen molar-refractivity contribution < 1.29 is 28.3 Å². The van der Waals surface area contributed by atoms with Crippen molar-refractivity contribution >= 4 is 11.9 Å². The highest BCUT2D eigenvalue weighted by Crippen LogP contribution is 2.17. The predicted molar refractivity (Wildman–Crippen MR) is 94.3 cm³/mol. The van der Waals surface area contributed by atoms with E-state index in [9.17, 15) is 19.1 Å². The molecule has 2 aromatic carbocycles. The van der Waals surface area contributed by atoms with Gasteiger partial charge in [-0.2, -0.15) is 4.98 Å². The highest BCUT2D eigenvalue weighted by atomic mass is 19.1. The third kappa shape index (κ3) is 4.77. The van der Waals surface area contributed by atoms with Gasteiger partial charge in [-0.1, -0.05) is 23.4 Å². The molecule has 1 heterocycles. The van der Waals surface area contributed by atoms with E-state index in [1.807, 2.05) is 0 Å². The molecule has 1 aromatic heterocycles. The van der Waals surface area contributed by atoms with Crippen molar-refractivity contribution in [1.82, 2.24) is 15.5 Å². The number of nitrogens with one attached hydrogen (secondary N) is 1. The quantitative estimate of drug-likeness (QED) is 0.595. The molecule has 1 unspecified atom stereocenters. The van der Waals surface area contributed by atoms with Crippen molar-refractivity contribution in [3.05, 3.63) is 71.8 Å². The fraction of sp³-hybridized carbons (Fsp3) is 0.158. The Kier molecular flexibility index (Phi) is 6.07. The number of esters is 1. The van der Waals surface area contributed by atoms with Gasteiger partial charge in [-0.3, -0.25) is 4.79 Å². The molecule has 28 heavy (non-hydrogen) atoms. The number of aromatic nitrogens is 2. The van der Waals surface area contributed by atoms with Gasteiger partial charge in [0.15, 0.2) is 12.6 Å².